The van der Waals surface area contributed by atoms with Crippen LogP contribution in [0.2, 0.25) is 0 Å². The molecule has 13 heteroatoms. The van der Waals surface area contributed by atoms with Crippen LogP contribution in [0, 0.1) is 24.5 Å². The highest BCUT2D eigenvalue weighted by molar-refractivity contribution is 6.43. The van der Waals surface area contributed by atoms with Gasteiger partial charge >= 0.3 is 0 Å². The molecule has 1 aliphatic heterocycles. The number of alkyl halides is 2. The lowest BCUT2D eigenvalue weighted by atomic mass is 9.71. The Morgan fingerprint density at radius 2 is 1.86 bits per heavy atom. The molecule has 0 bridgehead atoms. The highest BCUT2D eigenvalue weighted by atomic mass is 19.3. The molecule has 7 N–H and O–H groups in total. The number of halogens is 4. The maximum atomic E-state index is 13.8. The SMILES string of the molecule is Cc1c(C(=O)Nc2ccc(F)c(F)c2)c2n(c1C(=O)C(=O)NC1(/C(=C/N)NN)CC(F)(F)C1)CC1CC21. The molecule has 37 heavy (non-hydrogen) atoms. The first-order valence-corrected chi connectivity index (χ1v) is 11.5. The van der Waals surface area contributed by atoms with Gasteiger partial charge in [-0.15, -0.1) is 0 Å². The predicted octanol–water partition coefficient (Wildman–Crippen LogP) is 2.17. The molecule has 1 aromatic heterocycles. The first kappa shape index (κ1) is 24.8. The van der Waals surface area contributed by atoms with Crippen LogP contribution in [0.1, 0.15) is 57.3 Å². The molecule has 2 heterocycles. The number of carbonyl (C=O) groups is 3. The fourth-order valence-corrected chi connectivity index (χ4v) is 5.61. The topological polar surface area (TPSA) is 144 Å². The summed E-state index contributed by atoms with van der Waals surface area (Å²) in [7, 11) is 0. The molecule has 2 aliphatic carbocycles. The number of carbonyl (C=O) groups excluding carboxylic acids is 3. The second kappa shape index (κ2) is 8.33. The Morgan fingerprint density at radius 1 is 1.16 bits per heavy atom. The Kier molecular flexibility index (Phi) is 5.59. The molecular formula is C24H24F4N6O3. The summed E-state index contributed by atoms with van der Waals surface area (Å²) >= 11 is 0. The Balaban J connectivity index is 1.46. The fourth-order valence-electron chi connectivity index (χ4n) is 5.61. The van der Waals surface area contributed by atoms with Gasteiger partial charge < -0.3 is 26.4 Å². The molecule has 2 amide bonds. The van der Waals surface area contributed by atoms with Crippen LogP contribution in [-0.4, -0.2) is 33.6 Å². The molecule has 3 aliphatic rings. The first-order valence-electron chi connectivity index (χ1n) is 11.5. The van der Waals surface area contributed by atoms with Crippen LogP contribution in [-0.2, 0) is 11.3 Å². The van der Waals surface area contributed by atoms with Gasteiger partial charge in [-0.05, 0) is 37.0 Å². The lowest BCUT2D eigenvalue weighted by molar-refractivity contribution is -0.138. The zero-order valence-corrected chi connectivity index (χ0v) is 19.6. The van der Waals surface area contributed by atoms with E-state index >= 15 is 0 Å². The zero-order chi connectivity index (χ0) is 26.9. The van der Waals surface area contributed by atoms with Crippen molar-refractivity contribution < 1.29 is 31.9 Å². The largest absolute Gasteiger partial charge is 0.403 e. The Bertz CT molecular complexity index is 1380. The zero-order valence-electron chi connectivity index (χ0n) is 19.6. The van der Waals surface area contributed by atoms with E-state index in [9.17, 15) is 31.9 Å². The number of hydrogen-bond donors (Lipinski definition) is 5. The number of Topliss-reactive ketones (excluding diaryl/α,β-unsaturated/α-hetero) is 1. The van der Waals surface area contributed by atoms with Crippen molar-refractivity contribution in [1.29, 1.82) is 0 Å². The first-order chi connectivity index (χ1) is 17.4. The van der Waals surface area contributed by atoms with Gasteiger partial charge in [-0.1, -0.05) is 0 Å². The molecule has 1 aromatic carbocycles. The van der Waals surface area contributed by atoms with Crippen molar-refractivity contribution in [1.82, 2.24) is 15.3 Å². The summed E-state index contributed by atoms with van der Waals surface area (Å²) in [6, 6.07) is 2.90. The van der Waals surface area contributed by atoms with Gasteiger partial charge in [0.15, 0.2) is 11.6 Å². The number of ketones is 1. The van der Waals surface area contributed by atoms with Gasteiger partial charge in [0.1, 0.15) is 0 Å². The molecular weight excluding hydrogens is 496 g/mol. The number of amides is 2. The van der Waals surface area contributed by atoms with Gasteiger partial charge in [-0.25, -0.2) is 17.6 Å². The number of rotatable bonds is 7. The van der Waals surface area contributed by atoms with Crippen molar-refractivity contribution in [2.24, 2.45) is 17.5 Å². The second-order valence-corrected chi connectivity index (χ2v) is 9.83. The molecule has 0 saturated heterocycles. The molecule has 2 atom stereocenters. The molecule has 2 saturated carbocycles. The minimum atomic E-state index is -3.08. The van der Waals surface area contributed by atoms with Crippen molar-refractivity contribution >= 4 is 23.3 Å². The number of benzene rings is 1. The van der Waals surface area contributed by atoms with Crippen LogP contribution in [0.15, 0.2) is 30.1 Å². The predicted molar refractivity (Wildman–Crippen MR) is 123 cm³/mol. The number of nitrogens with one attached hydrogen (secondary N) is 3. The van der Waals surface area contributed by atoms with Crippen LogP contribution < -0.4 is 27.6 Å². The average molecular weight is 520 g/mol. The number of hydrogen-bond acceptors (Lipinski definition) is 6. The van der Waals surface area contributed by atoms with E-state index in [1.54, 1.807) is 4.57 Å². The molecule has 9 nitrogen and oxygen atoms in total. The van der Waals surface area contributed by atoms with Gasteiger partial charge in [0.25, 0.3) is 23.5 Å². The summed E-state index contributed by atoms with van der Waals surface area (Å²) in [6.07, 6.45) is 0.154. The highest BCUT2D eigenvalue weighted by Gasteiger charge is 2.60. The van der Waals surface area contributed by atoms with Crippen LogP contribution in [0.25, 0.3) is 0 Å². The average Bonchev–Trinajstić information content (AvgIpc) is 3.38. The number of nitrogens with two attached hydrogens (primary N) is 2. The van der Waals surface area contributed by atoms with E-state index in [2.05, 4.69) is 16.1 Å². The molecule has 5 rings (SSSR count). The third-order valence-electron chi connectivity index (χ3n) is 7.38. The maximum absolute atomic E-state index is 13.8. The van der Waals surface area contributed by atoms with E-state index in [4.69, 9.17) is 11.6 Å². The molecule has 2 fully saturated rings. The van der Waals surface area contributed by atoms with Gasteiger partial charge in [0.2, 0.25) is 0 Å². The minimum absolute atomic E-state index is 0.0129. The number of aromatic nitrogens is 1. The summed E-state index contributed by atoms with van der Waals surface area (Å²) in [6.45, 7) is 1.92. The molecule has 0 radical (unpaired) electrons. The number of hydrazine groups is 1. The number of anilines is 1. The quantitative estimate of drug-likeness (QED) is 0.124. The Morgan fingerprint density at radius 3 is 2.46 bits per heavy atom. The summed E-state index contributed by atoms with van der Waals surface area (Å²) in [5.74, 6) is -2.49. The monoisotopic (exact) mass is 520 g/mol. The maximum Gasteiger partial charge on any atom is 0.294 e. The normalized spacial score (nSPS) is 22.4. The summed E-state index contributed by atoms with van der Waals surface area (Å²) in [4.78, 5) is 39.6. The van der Waals surface area contributed by atoms with Crippen LogP contribution >= 0.6 is 0 Å². The third kappa shape index (κ3) is 3.93. The van der Waals surface area contributed by atoms with Gasteiger partial charge in [-0.2, -0.15) is 0 Å². The van der Waals surface area contributed by atoms with Crippen LogP contribution in [0.5, 0.6) is 0 Å². The lowest BCUT2D eigenvalue weighted by Crippen LogP contribution is -2.66. The second-order valence-electron chi connectivity index (χ2n) is 9.83. The van der Waals surface area contributed by atoms with Crippen molar-refractivity contribution in [2.75, 3.05) is 5.32 Å². The molecule has 196 valence electrons. The summed E-state index contributed by atoms with van der Waals surface area (Å²) in [5.41, 5.74) is 6.92. The van der Waals surface area contributed by atoms with Gasteiger partial charge in [0.05, 0.1) is 22.5 Å². The molecule has 2 unspecified atom stereocenters. The van der Waals surface area contributed by atoms with Gasteiger partial charge in [-0.3, -0.25) is 20.2 Å². The van der Waals surface area contributed by atoms with Crippen molar-refractivity contribution in [3.8, 4) is 0 Å². The molecule has 0 spiro atoms. The van der Waals surface area contributed by atoms with Crippen molar-refractivity contribution in [3.05, 3.63) is 64.2 Å². The smallest absolute Gasteiger partial charge is 0.294 e. The van der Waals surface area contributed by atoms with Crippen molar-refractivity contribution in [2.45, 2.75) is 50.1 Å². The Hall–Kier alpha value is -3.87. The summed E-state index contributed by atoms with van der Waals surface area (Å²) < 4.78 is 56.1. The third-order valence-corrected chi connectivity index (χ3v) is 7.38. The van der Waals surface area contributed by atoms with E-state index in [1.807, 2.05) is 0 Å². The van der Waals surface area contributed by atoms with E-state index in [0.29, 0.717) is 12.2 Å². The van der Waals surface area contributed by atoms with Crippen LogP contribution in [0.3, 0.4) is 0 Å². The van der Waals surface area contributed by atoms with Gasteiger partial charge in [0, 0.05) is 49.0 Å². The van der Waals surface area contributed by atoms with E-state index < -0.39 is 53.5 Å². The summed E-state index contributed by atoms with van der Waals surface area (Å²) in [5, 5.41) is 4.88. The fraction of sp³-hybridized carbons (Fsp3) is 0.375. The number of nitrogens with zero attached hydrogens (tertiary/aromatic N) is 1. The standard InChI is InChI=1S/C24H24F4N6O3/c1-10-17(21(36)31-12-2-3-14(25)15(26)5-12)19-13-4-11(13)7-34(19)18(10)20(35)22(37)32-23(16(6-29)33-30)8-24(27,28)9-23/h2-3,5-6,11,13,33H,4,7-9,29-30H2,1H3,(H,31,36)(H,32,37)/b16-6-. The van der Waals surface area contributed by atoms with E-state index in [1.165, 1.54) is 13.0 Å². The number of fused-ring (bicyclic) bond motifs is 3. The minimum Gasteiger partial charge on any atom is -0.403 e. The molecule has 2 aromatic rings. The highest BCUT2D eigenvalue weighted by Crippen LogP contribution is 2.56. The Labute approximate surface area is 208 Å². The lowest BCUT2D eigenvalue weighted by Gasteiger charge is -2.48. The van der Waals surface area contributed by atoms with Crippen molar-refractivity contribution in [3.63, 3.8) is 0 Å². The van der Waals surface area contributed by atoms with E-state index in [0.717, 1.165) is 24.8 Å². The van der Waals surface area contributed by atoms with Crippen LogP contribution in [0.4, 0.5) is 23.2 Å². The van der Waals surface area contributed by atoms with E-state index in [-0.39, 0.29) is 40.0 Å².